The summed E-state index contributed by atoms with van der Waals surface area (Å²) in [6.07, 6.45) is 1.72. The van der Waals surface area contributed by atoms with Gasteiger partial charge in [-0.1, -0.05) is 36.9 Å². The maximum atomic E-state index is 12.4. The average molecular weight is 368 g/mol. The highest BCUT2D eigenvalue weighted by Gasteiger charge is 2.17. The number of benzene rings is 2. The summed E-state index contributed by atoms with van der Waals surface area (Å²) >= 11 is 0. The highest BCUT2D eigenvalue weighted by atomic mass is 16.5. The highest BCUT2D eigenvalue weighted by molar-refractivity contribution is 5.81. The number of hydrogen-bond acceptors (Lipinski definition) is 4. The second-order valence-corrected chi connectivity index (χ2v) is 6.40. The zero-order valence-corrected chi connectivity index (χ0v) is 16.3. The van der Waals surface area contributed by atoms with Crippen LogP contribution >= 0.6 is 0 Å². The van der Waals surface area contributed by atoms with Gasteiger partial charge < -0.3 is 14.8 Å². The molecule has 5 heteroatoms. The molecule has 0 saturated heterocycles. The Morgan fingerprint density at radius 1 is 1.11 bits per heavy atom. The first-order valence-electron chi connectivity index (χ1n) is 8.97. The molecule has 1 atom stereocenters. The van der Waals surface area contributed by atoms with Gasteiger partial charge in [0.05, 0.1) is 13.2 Å². The Labute approximate surface area is 161 Å². The number of carbonyl (C=O) groups excluding carboxylic acids is 1. The lowest BCUT2D eigenvalue weighted by Crippen LogP contribution is -2.42. The van der Waals surface area contributed by atoms with Crippen molar-refractivity contribution in [2.24, 2.45) is 0 Å². The number of nitrogens with zero attached hydrogens (tertiary/aromatic N) is 1. The van der Waals surface area contributed by atoms with Gasteiger partial charge in [-0.3, -0.25) is 9.69 Å². The molecule has 0 saturated carbocycles. The third kappa shape index (κ3) is 6.46. The van der Waals surface area contributed by atoms with Crippen LogP contribution in [0.15, 0.2) is 61.2 Å². The van der Waals surface area contributed by atoms with Gasteiger partial charge in [-0.05, 0) is 49.4 Å². The number of carbonyl (C=O) groups is 1. The highest BCUT2D eigenvalue weighted by Crippen LogP contribution is 2.15. The molecule has 27 heavy (non-hydrogen) atoms. The van der Waals surface area contributed by atoms with Crippen LogP contribution < -0.4 is 14.8 Å². The normalized spacial score (nSPS) is 11.7. The van der Waals surface area contributed by atoms with Gasteiger partial charge in [-0.2, -0.15) is 0 Å². The number of methoxy groups -OCH3 is 1. The molecule has 0 aliphatic carbocycles. The van der Waals surface area contributed by atoms with E-state index in [1.54, 1.807) is 13.2 Å². The number of nitrogens with one attached hydrogen (secondary N) is 1. The van der Waals surface area contributed by atoms with Crippen LogP contribution in [0.25, 0.3) is 0 Å². The van der Waals surface area contributed by atoms with Crippen LogP contribution in [0.5, 0.6) is 11.5 Å². The molecule has 1 amide bonds. The summed E-state index contributed by atoms with van der Waals surface area (Å²) in [4.78, 5) is 14.5. The predicted octanol–water partition coefficient (Wildman–Crippen LogP) is 3.40. The zero-order chi connectivity index (χ0) is 19.6. The van der Waals surface area contributed by atoms with Gasteiger partial charge in [-0.15, -0.1) is 0 Å². The topological polar surface area (TPSA) is 50.8 Å². The third-order valence-electron chi connectivity index (χ3n) is 4.39. The van der Waals surface area contributed by atoms with Gasteiger partial charge in [0.25, 0.3) is 0 Å². The van der Waals surface area contributed by atoms with E-state index in [1.807, 2.05) is 67.4 Å². The Morgan fingerprint density at radius 2 is 1.70 bits per heavy atom. The van der Waals surface area contributed by atoms with Crippen LogP contribution in [0.3, 0.4) is 0 Å². The molecule has 0 heterocycles. The lowest BCUT2D eigenvalue weighted by molar-refractivity contribution is -0.125. The largest absolute Gasteiger partial charge is 0.497 e. The number of hydrogen-bond donors (Lipinski definition) is 1. The first kappa shape index (κ1) is 20.5. The van der Waals surface area contributed by atoms with Gasteiger partial charge in [0.15, 0.2) is 0 Å². The van der Waals surface area contributed by atoms with Crippen molar-refractivity contribution in [3.05, 3.63) is 72.3 Å². The first-order valence-corrected chi connectivity index (χ1v) is 8.97. The molecule has 5 nitrogen and oxygen atoms in total. The predicted molar refractivity (Wildman–Crippen MR) is 108 cm³/mol. The molecule has 2 aromatic carbocycles. The molecule has 0 aromatic heterocycles. The van der Waals surface area contributed by atoms with E-state index >= 15 is 0 Å². The van der Waals surface area contributed by atoms with Gasteiger partial charge in [0.1, 0.15) is 18.1 Å². The van der Waals surface area contributed by atoms with Crippen LogP contribution in [0.2, 0.25) is 0 Å². The van der Waals surface area contributed by atoms with Crippen molar-refractivity contribution in [2.75, 3.05) is 20.8 Å². The fraction of sp³-hybridized carbons (Fsp3) is 0.318. The van der Waals surface area contributed by atoms with E-state index in [2.05, 4.69) is 11.9 Å². The van der Waals surface area contributed by atoms with Gasteiger partial charge in [0.2, 0.25) is 5.91 Å². The quantitative estimate of drug-likeness (QED) is 0.653. The summed E-state index contributed by atoms with van der Waals surface area (Å²) in [6.45, 7) is 7.21. The van der Waals surface area contributed by atoms with E-state index in [0.717, 1.165) is 22.6 Å². The van der Waals surface area contributed by atoms with Crippen molar-refractivity contribution in [1.82, 2.24) is 10.2 Å². The Balaban J connectivity index is 1.82. The van der Waals surface area contributed by atoms with Crippen LogP contribution in [-0.4, -0.2) is 37.6 Å². The number of ether oxygens (including phenoxy) is 2. The van der Waals surface area contributed by atoms with Crippen molar-refractivity contribution in [1.29, 1.82) is 0 Å². The van der Waals surface area contributed by atoms with Crippen LogP contribution in [-0.2, 0) is 17.9 Å². The van der Waals surface area contributed by atoms with Gasteiger partial charge in [-0.25, -0.2) is 0 Å². The molecule has 0 bridgehead atoms. The van der Waals surface area contributed by atoms with E-state index in [-0.39, 0.29) is 11.9 Å². The zero-order valence-electron chi connectivity index (χ0n) is 16.3. The van der Waals surface area contributed by atoms with E-state index in [4.69, 9.17) is 9.47 Å². The minimum Gasteiger partial charge on any atom is -0.497 e. The lowest BCUT2D eigenvalue weighted by atomic mass is 10.1. The molecule has 0 unspecified atom stereocenters. The maximum Gasteiger partial charge on any atom is 0.237 e. The fourth-order valence-electron chi connectivity index (χ4n) is 2.55. The molecule has 0 fully saturated rings. The Bertz CT molecular complexity index is 726. The van der Waals surface area contributed by atoms with E-state index in [1.165, 1.54) is 0 Å². The molecule has 1 N–H and O–H groups in total. The van der Waals surface area contributed by atoms with Crippen molar-refractivity contribution in [3.8, 4) is 11.5 Å². The fourth-order valence-corrected chi connectivity index (χ4v) is 2.55. The van der Waals surface area contributed by atoms with E-state index in [9.17, 15) is 4.79 Å². The van der Waals surface area contributed by atoms with Crippen molar-refractivity contribution >= 4 is 5.91 Å². The number of rotatable bonds is 10. The van der Waals surface area contributed by atoms with E-state index < -0.39 is 0 Å². The van der Waals surface area contributed by atoms with Crippen LogP contribution in [0.4, 0.5) is 0 Å². The second-order valence-electron chi connectivity index (χ2n) is 6.40. The molecule has 2 aromatic rings. The Kier molecular flexibility index (Phi) is 7.89. The molecule has 0 spiro atoms. The minimum absolute atomic E-state index is 0.000690. The van der Waals surface area contributed by atoms with Crippen LogP contribution in [0, 0.1) is 0 Å². The molecular weight excluding hydrogens is 340 g/mol. The van der Waals surface area contributed by atoms with Gasteiger partial charge in [0, 0.05) is 13.1 Å². The summed E-state index contributed by atoms with van der Waals surface area (Å²) in [6, 6.07) is 15.3. The molecular formula is C22H28N2O3. The summed E-state index contributed by atoms with van der Waals surface area (Å²) in [5.41, 5.74) is 2.16. The molecule has 0 aliphatic heterocycles. The molecule has 0 radical (unpaired) electrons. The summed E-state index contributed by atoms with van der Waals surface area (Å²) in [7, 11) is 3.58. The maximum absolute atomic E-state index is 12.4. The first-order chi connectivity index (χ1) is 13.0. The van der Waals surface area contributed by atoms with Crippen molar-refractivity contribution in [2.45, 2.75) is 26.1 Å². The summed E-state index contributed by atoms with van der Waals surface area (Å²) < 4.78 is 10.6. The number of amides is 1. The number of likely N-dealkylation sites (N-methyl/N-ethyl adjacent to an activating group) is 1. The lowest BCUT2D eigenvalue weighted by Gasteiger charge is -2.24. The third-order valence-corrected chi connectivity index (χ3v) is 4.39. The molecule has 0 aliphatic rings. The Hall–Kier alpha value is -2.79. The standard InChI is InChI=1S/C22H28N2O3/c1-5-14-27-21-12-8-19(9-13-21)16-24(3)17(2)22(25)23-15-18-6-10-20(26-4)11-7-18/h5-13,17H,1,14-16H2,2-4H3,(H,23,25)/t17-/m0/s1. The molecule has 144 valence electrons. The van der Waals surface area contributed by atoms with Crippen LogP contribution in [0.1, 0.15) is 18.1 Å². The minimum atomic E-state index is -0.236. The van der Waals surface area contributed by atoms with Gasteiger partial charge >= 0.3 is 0 Å². The average Bonchev–Trinajstić information content (AvgIpc) is 2.71. The van der Waals surface area contributed by atoms with Crippen molar-refractivity contribution < 1.29 is 14.3 Å². The summed E-state index contributed by atoms with van der Waals surface area (Å²) in [5, 5.41) is 2.98. The van der Waals surface area contributed by atoms with Crippen molar-refractivity contribution in [3.63, 3.8) is 0 Å². The monoisotopic (exact) mass is 368 g/mol. The SMILES string of the molecule is C=CCOc1ccc(CN(C)[C@@H](C)C(=O)NCc2ccc(OC)cc2)cc1. The summed E-state index contributed by atoms with van der Waals surface area (Å²) in [5.74, 6) is 1.62. The molecule has 2 rings (SSSR count). The Morgan fingerprint density at radius 3 is 2.30 bits per heavy atom. The smallest absolute Gasteiger partial charge is 0.237 e. The van der Waals surface area contributed by atoms with E-state index in [0.29, 0.717) is 19.7 Å². The second kappa shape index (κ2) is 10.4.